The Balaban J connectivity index is 1.57. The number of urea groups is 1. The summed E-state index contributed by atoms with van der Waals surface area (Å²) in [4.78, 5) is 41.4. The SMILES string of the molecule is O=C(CN1C(=O)N(Cc2ccccc2Cl)C(=O)C2CCCNC21)Nc1ccccc1C(F)(F)F. The molecule has 2 aliphatic rings. The number of hydrogen-bond acceptors (Lipinski definition) is 4. The highest BCUT2D eigenvalue weighted by molar-refractivity contribution is 6.31. The van der Waals surface area contributed by atoms with E-state index in [2.05, 4.69) is 10.6 Å². The van der Waals surface area contributed by atoms with Crippen molar-refractivity contribution in [3.8, 4) is 0 Å². The number of fused-ring (bicyclic) bond motifs is 1. The van der Waals surface area contributed by atoms with Crippen LogP contribution < -0.4 is 10.6 Å². The molecule has 0 radical (unpaired) electrons. The first kappa shape index (κ1) is 24.0. The summed E-state index contributed by atoms with van der Waals surface area (Å²) in [5.74, 6) is -1.76. The summed E-state index contributed by atoms with van der Waals surface area (Å²) in [6, 6.07) is 10.7. The summed E-state index contributed by atoms with van der Waals surface area (Å²) in [6.07, 6.45) is -4.16. The van der Waals surface area contributed by atoms with Crippen LogP contribution in [0.4, 0.5) is 23.7 Å². The molecule has 2 aliphatic heterocycles. The number of halogens is 4. The Morgan fingerprint density at radius 3 is 2.56 bits per heavy atom. The zero-order valence-electron chi connectivity index (χ0n) is 17.9. The first-order chi connectivity index (χ1) is 16.2. The number of para-hydroxylation sites is 1. The largest absolute Gasteiger partial charge is 0.418 e. The second-order valence-electron chi connectivity index (χ2n) is 8.17. The Hall–Kier alpha value is -3.11. The second-order valence-corrected chi connectivity index (χ2v) is 8.57. The molecule has 2 fully saturated rings. The van der Waals surface area contributed by atoms with Gasteiger partial charge in [0, 0.05) is 5.02 Å². The normalized spacial score (nSPS) is 20.8. The molecular weight excluding hydrogens is 473 g/mol. The fourth-order valence-corrected chi connectivity index (χ4v) is 4.51. The number of carbonyl (C=O) groups is 3. The Kier molecular flexibility index (Phi) is 6.81. The number of amides is 4. The van der Waals surface area contributed by atoms with E-state index in [1.165, 1.54) is 17.0 Å². The highest BCUT2D eigenvalue weighted by atomic mass is 35.5. The zero-order chi connectivity index (χ0) is 24.5. The molecule has 2 aromatic carbocycles. The molecule has 4 amide bonds. The lowest BCUT2D eigenvalue weighted by Crippen LogP contribution is -2.68. The predicted octanol–water partition coefficient (Wildman–Crippen LogP) is 4.09. The van der Waals surface area contributed by atoms with Gasteiger partial charge in [-0.2, -0.15) is 13.2 Å². The van der Waals surface area contributed by atoms with Crippen LogP contribution in [0.2, 0.25) is 5.02 Å². The summed E-state index contributed by atoms with van der Waals surface area (Å²) >= 11 is 6.21. The fourth-order valence-electron chi connectivity index (χ4n) is 4.32. The lowest BCUT2D eigenvalue weighted by molar-refractivity contribution is -0.143. The Labute approximate surface area is 198 Å². The average Bonchev–Trinajstić information content (AvgIpc) is 2.80. The fraction of sp³-hybridized carbons (Fsp3) is 0.348. The first-order valence-corrected chi connectivity index (χ1v) is 11.1. The summed E-state index contributed by atoms with van der Waals surface area (Å²) in [5, 5.41) is 5.75. The van der Waals surface area contributed by atoms with Gasteiger partial charge in [0.1, 0.15) is 6.54 Å². The van der Waals surface area contributed by atoms with Gasteiger partial charge < -0.3 is 5.32 Å². The van der Waals surface area contributed by atoms with Crippen LogP contribution in [-0.2, 0) is 22.3 Å². The van der Waals surface area contributed by atoms with Crippen molar-refractivity contribution in [1.82, 2.24) is 15.1 Å². The predicted molar refractivity (Wildman–Crippen MR) is 119 cm³/mol. The molecule has 2 heterocycles. The number of carbonyl (C=O) groups excluding carboxylic acids is 3. The van der Waals surface area contributed by atoms with Gasteiger partial charge in [-0.1, -0.05) is 41.9 Å². The first-order valence-electron chi connectivity index (χ1n) is 10.7. The van der Waals surface area contributed by atoms with Crippen molar-refractivity contribution < 1.29 is 27.6 Å². The van der Waals surface area contributed by atoms with Crippen LogP contribution in [0, 0.1) is 5.92 Å². The van der Waals surface area contributed by atoms with Crippen LogP contribution in [-0.4, -0.2) is 46.9 Å². The molecule has 2 saturated heterocycles. The van der Waals surface area contributed by atoms with Crippen LogP contribution in [0.25, 0.3) is 0 Å². The van der Waals surface area contributed by atoms with Gasteiger partial charge in [-0.15, -0.1) is 0 Å². The van der Waals surface area contributed by atoms with Gasteiger partial charge in [0.2, 0.25) is 11.8 Å². The number of piperidine rings is 1. The van der Waals surface area contributed by atoms with Gasteiger partial charge in [0.15, 0.2) is 0 Å². The molecule has 7 nitrogen and oxygen atoms in total. The number of nitrogens with one attached hydrogen (secondary N) is 2. The lowest BCUT2D eigenvalue weighted by atomic mass is 9.91. The van der Waals surface area contributed by atoms with Crippen molar-refractivity contribution in [3.63, 3.8) is 0 Å². The highest BCUT2D eigenvalue weighted by Crippen LogP contribution is 2.35. The molecule has 0 aliphatic carbocycles. The van der Waals surface area contributed by atoms with Gasteiger partial charge >= 0.3 is 12.2 Å². The lowest BCUT2D eigenvalue weighted by Gasteiger charge is -2.46. The molecule has 11 heteroatoms. The van der Waals surface area contributed by atoms with Crippen LogP contribution in [0.15, 0.2) is 48.5 Å². The molecule has 2 unspecified atom stereocenters. The number of imide groups is 1. The van der Waals surface area contributed by atoms with Crippen molar-refractivity contribution >= 4 is 35.1 Å². The van der Waals surface area contributed by atoms with Crippen molar-refractivity contribution in [2.24, 2.45) is 5.92 Å². The zero-order valence-corrected chi connectivity index (χ0v) is 18.7. The maximum absolute atomic E-state index is 13.3. The Morgan fingerprint density at radius 2 is 1.82 bits per heavy atom. The molecule has 0 aromatic heterocycles. The number of anilines is 1. The van der Waals surface area contributed by atoms with E-state index in [0.717, 1.165) is 17.0 Å². The van der Waals surface area contributed by atoms with E-state index in [9.17, 15) is 27.6 Å². The molecule has 0 saturated carbocycles. The molecule has 180 valence electrons. The summed E-state index contributed by atoms with van der Waals surface area (Å²) in [7, 11) is 0. The van der Waals surface area contributed by atoms with Crippen molar-refractivity contribution in [1.29, 1.82) is 0 Å². The molecule has 2 N–H and O–H groups in total. The van der Waals surface area contributed by atoms with Crippen LogP contribution >= 0.6 is 11.6 Å². The van der Waals surface area contributed by atoms with Gasteiger partial charge in [-0.25, -0.2) is 4.79 Å². The second kappa shape index (κ2) is 9.63. The van der Waals surface area contributed by atoms with E-state index in [1.54, 1.807) is 24.3 Å². The molecule has 4 rings (SSSR count). The smallest absolute Gasteiger partial charge is 0.324 e. The average molecular weight is 495 g/mol. The van der Waals surface area contributed by atoms with E-state index in [1.807, 2.05) is 0 Å². The number of rotatable bonds is 5. The van der Waals surface area contributed by atoms with Crippen LogP contribution in [0.1, 0.15) is 24.0 Å². The van der Waals surface area contributed by atoms with Gasteiger partial charge in [-0.05, 0) is 43.1 Å². The van der Waals surface area contributed by atoms with Crippen molar-refractivity contribution in [3.05, 3.63) is 64.7 Å². The van der Waals surface area contributed by atoms with E-state index in [0.29, 0.717) is 30.0 Å². The molecule has 2 atom stereocenters. The van der Waals surface area contributed by atoms with E-state index >= 15 is 0 Å². The third kappa shape index (κ3) is 4.88. The van der Waals surface area contributed by atoms with Crippen molar-refractivity contribution in [2.75, 3.05) is 18.4 Å². The third-order valence-electron chi connectivity index (χ3n) is 5.93. The van der Waals surface area contributed by atoms with Gasteiger partial charge in [0.25, 0.3) is 0 Å². The third-order valence-corrected chi connectivity index (χ3v) is 6.30. The maximum Gasteiger partial charge on any atom is 0.418 e. The minimum absolute atomic E-state index is 0.0738. The molecule has 0 spiro atoms. The monoisotopic (exact) mass is 494 g/mol. The molecule has 0 bridgehead atoms. The van der Waals surface area contributed by atoms with Crippen molar-refractivity contribution in [2.45, 2.75) is 31.7 Å². The minimum Gasteiger partial charge on any atom is -0.324 e. The van der Waals surface area contributed by atoms with E-state index < -0.39 is 48.0 Å². The van der Waals surface area contributed by atoms with Crippen LogP contribution in [0.5, 0.6) is 0 Å². The number of alkyl halides is 3. The standard InChI is InChI=1S/C23H22ClF3N4O3/c24-17-9-3-1-6-14(17)12-31-21(33)15-7-5-11-28-20(15)30(22(31)34)13-19(32)29-18-10-4-2-8-16(18)23(25,26)27/h1-4,6,8-10,15,20,28H,5,7,11-13H2,(H,29,32). The summed E-state index contributed by atoms with van der Waals surface area (Å²) in [6.45, 7) is -0.0532. The van der Waals surface area contributed by atoms with Gasteiger partial charge in [-0.3, -0.25) is 24.7 Å². The summed E-state index contributed by atoms with van der Waals surface area (Å²) in [5.41, 5.74) is -0.823. The molecular formula is C23H22ClF3N4O3. The van der Waals surface area contributed by atoms with E-state index in [4.69, 9.17) is 11.6 Å². The topological polar surface area (TPSA) is 81.8 Å². The Bertz CT molecular complexity index is 1110. The molecule has 2 aromatic rings. The van der Waals surface area contributed by atoms with Crippen LogP contribution in [0.3, 0.4) is 0 Å². The number of hydrogen-bond donors (Lipinski definition) is 2. The Morgan fingerprint density at radius 1 is 1.12 bits per heavy atom. The van der Waals surface area contributed by atoms with Gasteiger partial charge in [0.05, 0.1) is 29.9 Å². The minimum atomic E-state index is -4.65. The number of benzene rings is 2. The quantitative estimate of drug-likeness (QED) is 0.656. The maximum atomic E-state index is 13.3. The van der Waals surface area contributed by atoms with E-state index in [-0.39, 0.29) is 12.5 Å². The molecule has 34 heavy (non-hydrogen) atoms. The highest BCUT2D eigenvalue weighted by Gasteiger charge is 2.47. The summed E-state index contributed by atoms with van der Waals surface area (Å²) < 4.78 is 39.9. The number of nitrogens with zero attached hydrogens (tertiary/aromatic N) is 2.